The number of ether oxygens (including phenoxy) is 2. The molecule has 5 nitrogen and oxygen atoms in total. The average Bonchev–Trinajstić information content (AvgIpc) is 3.01. The third-order valence-electron chi connectivity index (χ3n) is 6.25. The predicted molar refractivity (Wildman–Crippen MR) is 154 cm³/mol. The van der Waals surface area contributed by atoms with Crippen molar-refractivity contribution in [1.29, 1.82) is 0 Å². The van der Waals surface area contributed by atoms with E-state index in [1.807, 2.05) is 48.5 Å². The van der Waals surface area contributed by atoms with Crippen LogP contribution < -0.4 is 9.47 Å². The maximum absolute atomic E-state index is 12.9. The lowest BCUT2D eigenvalue weighted by Crippen LogP contribution is -2.10. The third-order valence-corrected chi connectivity index (χ3v) is 6.25. The molecule has 4 aromatic carbocycles. The molecule has 11 heteroatoms. The maximum atomic E-state index is 12.9. The van der Waals surface area contributed by atoms with E-state index < -0.39 is 29.3 Å². The zero-order chi connectivity index (χ0) is 33.0. The number of ketones is 2. The second kappa shape index (κ2) is 15.7. The lowest BCUT2D eigenvalue weighted by molar-refractivity contribution is -0.138. The number of Topliss-reactive ketones (excluding diaryl/α,β-unsaturated/α-hetero) is 2. The molecular weight excluding hydrogens is 602 g/mol. The van der Waals surface area contributed by atoms with Gasteiger partial charge in [-0.1, -0.05) is 60.7 Å². The summed E-state index contributed by atoms with van der Waals surface area (Å²) >= 11 is 0. The first-order chi connectivity index (χ1) is 21.3. The molecule has 0 fully saturated rings. The fourth-order valence-corrected chi connectivity index (χ4v) is 3.89. The van der Waals surface area contributed by atoms with Gasteiger partial charge in [0.25, 0.3) is 0 Å². The Morgan fingerprint density at radius 1 is 0.644 bits per heavy atom. The minimum absolute atomic E-state index is 0.0206. The lowest BCUT2D eigenvalue weighted by Gasteiger charge is -2.14. The summed E-state index contributed by atoms with van der Waals surface area (Å²) in [5.41, 5.74) is -0.381. The number of hydrogen-bond donors (Lipinski definition) is 0. The van der Waals surface area contributed by atoms with E-state index >= 15 is 0 Å². The summed E-state index contributed by atoms with van der Waals surface area (Å²) < 4.78 is 87.3. The fourth-order valence-electron chi connectivity index (χ4n) is 3.89. The molecule has 0 N–H and O–H groups in total. The van der Waals surface area contributed by atoms with Crippen LogP contribution in [0.1, 0.15) is 62.7 Å². The highest BCUT2D eigenvalue weighted by Crippen LogP contribution is 2.34. The summed E-state index contributed by atoms with van der Waals surface area (Å²) in [6, 6.07) is 23.9. The summed E-state index contributed by atoms with van der Waals surface area (Å²) in [6.07, 6.45) is -8.86. The number of carbonyl (C=O) groups is 3. The lowest BCUT2D eigenvalue weighted by atomic mass is 10.0. The minimum Gasteiger partial charge on any atom is -0.488 e. The molecule has 0 atom stereocenters. The molecule has 0 bridgehead atoms. The molecule has 0 radical (unpaired) electrons. The third kappa shape index (κ3) is 10.9. The molecule has 0 amide bonds. The van der Waals surface area contributed by atoms with E-state index in [1.165, 1.54) is 6.92 Å². The summed E-state index contributed by atoms with van der Waals surface area (Å²) in [5.74, 6) is -0.543. The molecule has 0 unspecified atom stereocenters. The number of halogens is 6. The standard InChI is InChI=1S/C19H17F3O3.C15H11F3O2/c1-13(23)7-9-17(24)16-11-15(19(20,21)22)8-10-18(16)25-12-14-5-3-2-4-6-14;16-15(17,18)13-6-7-14(12(8-13)9-19)20-10-11-4-2-1-3-5-11/h2-6,8,10-11H,7,9,12H2,1H3;1-9H,10H2. The largest absolute Gasteiger partial charge is 0.488 e. The zero-order valence-corrected chi connectivity index (χ0v) is 24.0. The van der Waals surface area contributed by atoms with E-state index in [0.717, 1.165) is 47.5 Å². The molecule has 0 aromatic heterocycles. The summed E-state index contributed by atoms with van der Waals surface area (Å²) in [6.45, 7) is 1.64. The molecule has 45 heavy (non-hydrogen) atoms. The minimum atomic E-state index is -4.56. The van der Waals surface area contributed by atoms with Crippen LogP contribution in [0.4, 0.5) is 26.3 Å². The highest BCUT2D eigenvalue weighted by atomic mass is 19.4. The van der Waals surface area contributed by atoms with Gasteiger partial charge in [0.15, 0.2) is 12.1 Å². The first-order valence-corrected chi connectivity index (χ1v) is 13.5. The average molecular weight is 631 g/mol. The molecule has 0 aliphatic carbocycles. The summed E-state index contributed by atoms with van der Waals surface area (Å²) in [4.78, 5) is 34.2. The maximum Gasteiger partial charge on any atom is 0.416 e. The van der Waals surface area contributed by atoms with E-state index in [9.17, 15) is 40.7 Å². The number of carbonyl (C=O) groups excluding carboxylic acids is 3. The molecule has 0 aliphatic rings. The molecule has 0 saturated heterocycles. The Labute approximate surface area is 255 Å². The van der Waals surface area contributed by atoms with Crippen LogP contribution in [0.5, 0.6) is 11.5 Å². The van der Waals surface area contributed by atoms with Crippen molar-refractivity contribution in [1.82, 2.24) is 0 Å². The van der Waals surface area contributed by atoms with E-state index in [2.05, 4.69) is 0 Å². The number of benzene rings is 4. The van der Waals surface area contributed by atoms with Gasteiger partial charge in [-0.05, 0) is 54.4 Å². The van der Waals surface area contributed by atoms with Crippen LogP contribution in [0.25, 0.3) is 0 Å². The molecule has 4 aromatic rings. The second-order valence-corrected chi connectivity index (χ2v) is 9.75. The van der Waals surface area contributed by atoms with Crippen molar-refractivity contribution in [3.63, 3.8) is 0 Å². The zero-order valence-electron chi connectivity index (χ0n) is 24.0. The second-order valence-electron chi connectivity index (χ2n) is 9.75. The van der Waals surface area contributed by atoms with Crippen molar-refractivity contribution >= 4 is 17.9 Å². The van der Waals surface area contributed by atoms with Crippen LogP contribution in [0.2, 0.25) is 0 Å². The van der Waals surface area contributed by atoms with Gasteiger partial charge in [-0.25, -0.2) is 0 Å². The number of alkyl halides is 6. The van der Waals surface area contributed by atoms with Gasteiger partial charge in [-0.3, -0.25) is 9.59 Å². The van der Waals surface area contributed by atoms with Crippen molar-refractivity contribution in [3.05, 3.63) is 130 Å². The molecule has 236 valence electrons. The van der Waals surface area contributed by atoms with Crippen molar-refractivity contribution in [2.75, 3.05) is 0 Å². The van der Waals surface area contributed by atoms with Gasteiger partial charge in [0, 0.05) is 12.8 Å². The van der Waals surface area contributed by atoms with E-state index in [4.69, 9.17) is 9.47 Å². The van der Waals surface area contributed by atoms with Crippen molar-refractivity contribution < 1.29 is 50.2 Å². The highest BCUT2D eigenvalue weighted by Gasteiger charge is 2.32. The quantitative estimate of drug-likeness (QED) is 0.0941. The van der Waals surface area contributed by atoms with E-state index in [-0.39, 0.29) is 54.5 Å². The molecule has 4 rings (SSSR count). The van der Waals surface area contributed by atoms with Crippen LogP contribution in [-0.2, 0) is 30.4 Å². The Kier molecular flexibility index (Phi) is 12.1. The van der Waals surface area contributed by atoms with Crippen molar-refractivity contribution in [2.24, 2.45) is 0 Å². The smallest absolute Gasteiger partial charge is 0.416 e. The van der Waals surface area contributed by atoms with Crippen LogP contribution in [0.3, 0.4) is 0 Å². The fraction of sp³-hybridized carbons (Fsp3) is 0.206. The normalized spacial score (nSPS) is 11.2. The monoisotopic (exact) mass is 630 g/mol. The van der Waals surface area contributed by atoms with Crippen molar-refractivity contribution in [2.45, 2.75) is 45.3 Å². The van der Waals surface area contributed by atoms with Gasteiger partial charge in [0.05, 0.1) is 22.3 Å². The molecule has 0 aliphatic heterocycles. The summed E-state index contributed by atoms with van der Waals surface area (Å²) in [5, 5.41) is 0. The van der Waals surface area contributed by atoms with Crippen LogP contribution in [0.15, 0.2) is 97.1 Å². The summed E-state index contributed by atoms with van der Waals surface area (Å²) in [7, 11) is 0. The first kappa shape index (κ1) is 34.6. The van der Waals surface area contributed by atoms with Gasteiger partial charge >= 0.3 is 12.4 Å². The van der Waals surface area contributed by atoms with Crippen LogP contribution in [0, 0.1) is 0 Å². The molecule has 0 saturated carbocycles. The van der Waals surface area contributed by atoms with Crippen LogP contribution in [-0.4, -0.2) is 17.9 Å². The van der Waals surface area contributed by atoms with Gasteiger partial charge in [-0.2, -0.15) is 26.3 Å². The van der Waals surface area contributed by atoms with E-state index in [0.29, 0.717) is 6.29 Å². The highest BCUT2D eigenvalue weighted by molar-refractivity contribution is 6.00. The van der Waals surface area contributed by atoms with Gasteiger partial charge in [0.1, 0.15) is 30.5 Å². The van der Waals surface area contributed by atoms with Crippen LogP contribution >= 0.6 is 0 Å². The van der Waals surface area contributed by atoms with Gasteiger partial charge in [-0.15, -0.1) is 0 Å². The van der Waals surface area contributed by atoms with Gasteiger partial charge < -0.3 is 14.3 Å². The number of aldehydes is 1. The SMILES string of the molecule is CC(=O)CCC(=O)c1cc(C(F)(F)F)ccc1OCc1ccccc1.O=Cc1cc(C(F)(F)F)ccc1OCc1ccccc1. The Bertz CT molecular complexity index is 1580. The Morgan fingerprint density at radius 3 is 1.58 bits per heavy atom. The molecule has 0 heterocycles. The number of hydrogen-bond acceptors (Lipinski definition) is 5. The Hall–Kier alpha value is -4.93. The van der Waals surface area contributed by atoms with Crippen molar-refractivity contribution in [3.8, 4) is 11.5 Å². The topological polar surface area (TPSA) is 69.7 Å². The molecule has 0 spiro atoms. The first-order valence-electron chi connectivity index (χ1n) is 13.5. The predicted octanol–water partition coefficient (Wildman–Crippen LogP) is 8.93. The van der Waals surface area contributed by atoms with Gasteiger partial charge in [0.2, 0.25) is 0 Å². The molecular formula is C34H28F6O5. The Balaban J connectivity index is 0.000000251. The van der Waals surface area contributed by atoms with E-state index in [1.54, 1.807) is 12.1 Å². The number of rotatable bonds is 11. The Morgan fingerprint density at radius 2 is 1.11 bits per heavy atom.